The number of nitrogen functional groups attached to an aromatic ring is 1. The van der Waals surface area contributed by atoms with Crippen molar-refractivity contribution in [3.63, 3.8) is 0 Å². The molecule has 0 unspecified atom stereocenters. The molecule has 2 rings (SSSR count). The summed E-state index contributed by atoms with van der Waals surface area (Å²) in [5, 5.41) is 0.770. The van der Waals surface area contributed by atoms with Gasteiger partial charge in [-0.15, -0.1) is 0 Å². The standard InChI is InChI=1S/C16H18ClNO/c1-12-10-15(7-8-16(12)17)19-9-3-5-13-4-2-6-14(18)11-13/h2,4,6-8,10-11H,3,5,9,18H2,1H3. The largest absolute Gasteiger partial charge is 0.494 e. The first-order chi connectivity index (χ1) is 9.15. The third-order valence-electron chi connectivity index (χ3n) is 2.96. The van der Waals surface area contributed by atoms with Crippen LogP contribution in [0.2, 0.25) is 5.02 Å². The van der Waals surface area contributed by atoms with Gasteiger partial charge in [-0.1, -0.05) is 23.7 Å². The molecule has 2 nitrogen and oxygen atoms in total. The number of halogens is 1. The molecule has 19 heavy (non-hydrogen) atoms. The molecule has 0 radical (unpaired) electrons. The Morgan fingerprint density at radius 1 is 1.16 bits per heavy atom. The molecule has 2 aromatic rings. The summed E-state index contributed by atoms with van der Waals surface area (Å²) in [6.07, 6.45) is 1.93. The summed E-state index contributed by atoms with van der Waals surface area (Å²) in [6.45, 7) is 2.66. The van der Waals surface area contributed by atoms with Crippen LogP contribution >= 0.6 is 11.6 Å². The lowest BCUT2D eigenvalue weighted by Gasteiger charge is -2.08. The molecule has 0 spiro atoms. The second kappa shape index (κ2) is 6.48. The fourth-order valence-electron chi connectivity index (χ4n) is 1.92. The van der Waals surface area contributed by atoms with Gasteiger partial charge in [0.05, 0.1) is 6.61 Å². The van der Waals surface area contributed by atoms with Gasteiger partial charge in [0.2, 0.25) is 0 Å². The predicted octanol–water partition coefficient (Wildman–Crippen LogP) is 4.24. The van der Waals surface area contributed by atoms with Gasteiger partial charge in [-0.25, -0.2) is 0 Å². The highest BCUT2D eigenvalue weighted by molar-refractivity contribution is 6.31. The Morgan fingerprint density at radius 2 is 2.00 bits per heavy atom. The highest BCUT2D eigenvalue weighted by Gasteiger charge is 1.99. The van der Waals surface area contributed by atoms with E-state index in [9.17, 15) is 0 Å². The summed E-state index contributed by atoms with van der Waals surface area (Å²) in [6, 6.07) is 13.7. The Bertz CT molecular complexity index is 554. The van der Waals surface area contributed by atoms with Crippen LogP contribution < -0.4 is 10.5 Å². The zero-order valence-electron chi connectivity index (χ0n) is 11.0. The molecule has 0 atom stereocenters. The maximum absolute atomic E-state index is 5.97. The van der Waals surface area contributed by atoms with Crippen LogP contribution in [0.4, 0.5) is 5.69 Å². The van der Waals surface area contributed by atoms with Crippen molar-refractivity contribution in [1.29, 1.82) is 0 Å². The zero-order valence-corrected chi connectivity index (χ0v) is 11.8. The fraction of sp³-hybridized carbons (Fsp3) is 0.250. The topological polar surface area (TPSA) is 35.2 Å². The Balaban J connectivity index is 1.79. The molecular formula is C16H18ClNO. The maximum atomic E-state index is 5.97. The van der Waals surface area contributed by atoms with Crippen LogP contribution in [0.1, 0.15) is 17.5 Å². The monoisotopic (exact) mass is 275 g/mol. The van der Waals surface area contributed by atoms with Gasteiger partial charge in [-0.2, -0.15) is 0 Å². The number of aryl methyl sites for hydroxylation is 2. The van der Waals surface area contributed by atoms with E-state index in [1.165, 1.54) is 5.56 Å². The molecule has 0 saturated heterocycles. The Hall–Kier alpha value is -1.67. The number of benzene rings is 2. The highest BCUT2D eigenvalue weighted by Crippen LogP contribution is 2.21. The number of rotatable bonds is 5. The third kappa shape index (κ3) is 4.18. The van der Waals surface area contributed by atoms with Crippen molar-refractivity contribution < 1.29 is 4.74 Å². The summed E-state index contributed by atoms with van der Waals surface area (Å²) in [4.78, 5) is 0. The minimum absolute atomic E-state index is 0.690. The number of hydrogen-bond acceptors (Lipinski definition) is 2. The predicted molar refractivity (Wildman–Crippen MR) is 80.9 cm³/mol. The first-order valence-corrected chi connectivity index (χ1v) is 6.76. The molecule has 0 fully saturated rings. The van der Waals surface area contributed by atoms with E-state index in [0.717, 1.165) is 34.9 Å². The van der Waals surface area contributed by atoms with Crippen LogP contribution in [0.25, 0.3) is 0 Å². The van der Waals surface area contributed by atoms with Crippen molar-refractivity contribution in [2.24, 2.45) is 0 Å². The van der Waals surface area contributed by atoms with Crippen LogP contribution in [0.5, 0.6) is 5.75 Å². The van der Waals surface area contributed by atoms with Crippen LogP contribution in [0.3, 0.4) is 0 Å². The summed E-state index contributed by atoms with van der Waals surface area (Å²) < 4.78 is 5.70. The molecule has 0 aliphatic heterocycles. The van der Waals surface area contributed by atoms with Crippen LogP contribution in [-0.2, 0) is 6.42 Å². The second-order valence-corrected chi connectivity index (χ2v) is 5.02. The van der Waals surface area contributed by atoms with Crippen molar-refractivity contribution in [2.75, 3.05) is 12.3 Å². The van der Waals surface area contributed by atoms with Crippen LogP contribution in [0, 0.1) is 6.92 Å². The van der Waals surface area contributed by atoms with Gasteiger partial charge in [-0.3, -0.25) is 0 Å². The van der Waals surface area contributed by atoms with E-state index < -0.39 is 0 Å². The Kier molecular flexibility index (Phi) is 4.69. The summed E-state index contributed by atoms with van der Waals surface area (Å²) >= 11 is 5.97. The van der Waals surface area contributed by atoms with Gasteiger partial charge in [0.25, 0.3) is 0 Å². The number of nitrogens with two attached hydrogens (primary N) is 1. The van der Waals surface area contributed by atoms with Crippen molar-refractivity contribution >= 4 is 17.3 Å². The van der Waals surface area contributed by atoms with Gasteiger partial charge in [0.1, 0.15) is 5.75 Å². The summed E-state index contributed by atoms with van der Waals surface area (Å²) in [5.74, 6) is 0.870. The summed E-state index contributed by atoms with van der Waals surface area (Å²) in [7, 11) is 0. The van der Waals surface area contributed by atoms with Crippen molar-refractivity contribution in [1.82, 2.24) is 0 Å². The van der Waals surface area contributed by atoms with E-state index in [1.807, 2.05) is 43.3 Å². The molecule has 0 bridgehead atoms. The van der Waals surface area contributed by atoms with E-state index >= 15 is 0 Å². The molecule has 2 aromatic carbocycles. The SMILES string of the molecule is Cc1cc(OCCCc2cccc(N)c2)ccc1Cl. The lowest BCUT2D eigenvalue weighted by Crippen LogP contribution is -2.00. The lowest BCUT2D eigenvalue weighted by molar-refractivity contribution is 0.311. The Morgan fingerprint density at radius 3 is 2.74 bits per heavy atom. The first kappa shape index (κ1) is 13.8. The summed E-state index contributed by atoms with van der Waals surface area (Å²) in [5.41, 5.74) is 8.84. The Labute approximate surface area is 119 Å². The number of ether oxygens (including phenoxy) is 1. The zero-order chi connectivity index (χ0) is 13.7. The lowest BCUT2D eigenvalue weighted by atomic mass is 10.1. The smallest absolute Gasteiger partial charge is 0.119 e. The van der Waals surface area contributed by atoms with E-state index in [4.69, 9.17) is 22.1 Å². The first-order valence-electron chi connectivity index (χ1n) is 6.38. The average Bonchev–Trinajstić information content (AvgIpc) is 2.39. The van der Waals surface area contributed by atoms with Crippen LogP contribution in [-0.4, -0.2) is 6.61 Å². The van der Waals surface area contributed by atoms with Gasteiger partial charge >= 0.3 is 0 Å². The molecular weight excluding hydrogens is 258 g/mol. The fourth-order valence-corrected chi connectivity index (χ4v) is 2.04. The quantitative estimate of drug-likeness (QED) is 0.654. The molecule has 0 aliphatic carbocycles. The second-order valence-electron chi connectivity index (χ2n) is 4.61. The highest BCUT2D eigenvalue weighted by atomic mass is 35.5. The van der Waals surface area contributed by atoms with Crippen molar-refractivity contribution in [3.05, 3.63) is 58.6 Å². The van der Waals surface area contributed by atoms with E-state index in [2.05, 4.69) is 6.07 Å². The van der Waals surface area contributed by atoms with Crippen LogP contribution in [0.15, 0.2) is 42.5 Å². The van der Waals surface area contributed by atoms with Gasteiger partial charge in [0.15, 0.2) is 0 Å². The third-order valence-corrected chi connectivity index (χ3v) is 3.38. The van der Waals surface area contributed by atoms with Crippen molar-refractivity contribution in [2.45, 2.75) is 19.8 Å². The maximum Gasteiger partial charge on any atom is 0.119 e. The minimum Gasteiger partial charge on any atom is -0.494 e. The molecule has 0 amide bonds. The normalized spacial score (nSPS) is 10.4. The van der Waals surface area contributed by atoms with Crippen molar-refractivity contribution in [3.8, 4) is 5.75 Å². The number of anilines is 1. The molecule has 2 N–H and O–H groups in total. The molecule has 3 heteroatoms. The van der Waals surface area contributed by atoms with E-state index in [0.29, 0.717) is 6.61 Å². The molecule has 0 saturated carbocycles. The van der Waals surface area contributed by atoms with E-state index in [-0.39, 0.29) is 0 Å². The van der Waals surface area contributed by atoms with Gasteiger partial charge in [0, 0.05) is 10.7 Å². The number of hydrogen-bond donors (Lipinski definition) is 1. The molecule has 0 heterocycles. The minimum atomic E-state index is 0.690. The van der Waals surface area contributed by atoms with E-state index in [1.54, 1.807) is 0 Å². The van der Waals surface area contributed by atoms with Gasteiger partial charge < -0.3 is 10.5 Å². The molecule has 100 valence electrons. The molecule has 0 aliphatic rings. The van der Waals surface area contributed by atoms with Gasteiger partial charge in [-0.05, 0) is 61.2 Å². The average molecular weight is 276 g/mol. The molecule has 0 aromatic heterocycles.